The van der Waals surface area contributed by atoms with Gasteiger partial charge in [0.05, 0.1) is 23.0 Å². The maximum Gasteiger partial charge on any atom is 0.238 e. The molecule has 0 unspecified atom stereocenters. The summed E-state index contributed by atoms with van der Waals surface area (Å²) in [5.41, 5.74) is -1.25. The van der Waals surface area contributed by atoms with Crippen LogP contribution in [0.25, 0.3) is 0 Å². The summed E-state index contributed by atoms with van der Waals surface area (Å²) in [6.07, 6.45) is 1.69. The van der Waals surface area contributed by atoms with E-state index >= 15 is 0 Å². The molecule has 0 aromatic carbocycles. The third-order valence-electron chi connectivity index (χ3n) is 4.88. The minimum absolute atomic E-state index is 0.0612. The highest BCUT2D eigenvalue weighted by molar-refractivity contribution is 6.10. The second kappa shape index (κ2) is 2.26. The SMILES string of the molecule is CN1C(=O)[C@@]2(C)[C@@H]3CC[C@@H](O3)[C@@]2(C)C1=O. The second-order valence-electron chi connectivity index (χ2n) is 5.26. The monoisotopic (exact) mass is 209 g/mol. The number of fused-ring (bicyclic) bond motifs is 5. The summed E-state index contributed by atoms with van der Waals surface area (Å²) in [6.45, 7) is 3.78. The first-order valence-corrected chi connectivity index (χ1v) is 5.42. The number of ether oxygens (including phenoxy) is 1. The van der Waals surface area contributed by atoms with Gasteiger partial charge in [0.2, 0.25) is 11.8 Å². The standard InChI is InChI=1S/C11H15NO3/c1-10-6-4-5-7(15-6)11(10,2)9(14)12(3)8(10)13/h6-7H,4-5H2,1-3H3/t6-,7+,10+,11-. The molecule has 3 aliphatic heterocycles. The Labute approximate surface area is 88.6 Å². The number of rotatable bonds is 0. The van der Waals surface area contributed by atoms with E-state index in [1.54, 1.807) is 7.05 Å². The van der Waals surface area contributed by atoms with Crippen LogP contribution in [0.3, 0.4) is 0 Å². The van der Waals surface area contributed by atoms with Gasteiger partial charge in [-0.15, -0.1) is 0 Å². The molecule has 0 spiro atoms. The van der Waals surface area contributed by atoms with E-state index in [0.29, 0.717) is 0 Å². The first-order valence-electron chi connectivity index (χ1n) is 5.42. The summed E-state index contributed by atoms with van der Waals surface area (Å²) in [6, 6.07) is 0. The van der Waals surface area contributed by atoms with E-state index in [9.17, 15) is 9.59 Å². The van der Waals surface area contributed by atoms with E-state index in [-0.39, 0.29) is 24.0 Å². The van der Waals surface area contributed by atoms with Gasteiger partial charge in [0.25, 0.3) is 0 Å². The fraction of sp³-hybridized carbons (Fsp3) is 0.818. The summed E-state index contributed by atoms with van der Waals surface area (Å²) < 4.78 is 5.77. The lowest BCUT2D eigenvalue weighted by Gasteiger charge is -2.36. The van der Waals surface area contributed by atoms with Gasteiger partial charge in [0, 0.05) is 7.05 Å². The topological polar surface area (TPSA) is 46.6 Å². The van der Waals surface area contributed by atoms with E-state index in [2.05, 4.69) is 0 Å². The van der Waals surface area contributed by atoms with Gasteiger partial charge in [-0.2, -0.15) is 0 Å². The van der Waals surface area contributed by atoms with Crippen LogP contribution in [-0.2, 0) is 14.3 Å². The normalized spacial score (nSPS) is 52.9. The summed E-state index contributed by atoms with van der Waals surface area (Å²) >= 11 is 0. The van der Waals surface area contributed by atoms with Crippen molar-refractivity contribution in [3.8, 4) is 0 Å². The Morgan fingerprint density at radius 1 is 1.13 bits per heavy atom. The van der Waals surface area contributed by atoms with Crippen LogP contribution >= 0.6 is 0 Å². The van der Waals surface area contributed by atoms with Crippen LogP contribution in [0.1, 0.15) is 26.7 Å². The number of amides is 2. The third kappa shape index (κ3) is 0.670. The lowest BCUT2D eigenvalue weighted by atomic mass is 9.59. The Bertz CT molecular complexity index is 346. The van der Waals surface area contributed by atoms with Gasteiger partial charge >= 0.3 is 0 Å². The third-order valence-corrected chi connectivity index (χ3v) is 4.88. The molecule has 3 heterocycles. The maximum atomic E-state index is 12.1. The van der Waals surface area contributed by atoms with Crippen molar-refractivity contribution in [3.63, 3.8) is 0 Å². The summed E-state index contributed by atoms with van der Waals surface area (Å²) in [5.74, 6) is -0.135. The van der Waals surface area contributed by atoms with Crippen molar-refractivity contribution in [1.29, 1.82) is 0 Å². The molecule has 3 saturated heterocycles. The van der Waals surface area contributed by atoms with Crippen LogP contribution in [0.4, 0.5) is 0 Å². The highest BCUT2D eigenvalue weighted by Gasteiger charge is 2.76. The highest BCUT2D eigenvalue weighted by atomic mass is 16.5. The predicted octanol–water partition coefficient (Wildman–Crippen LogP) is 0.559. The fourth-order valence-corrected chi connectivity index (χ4v) is 3.66. The molecule has 0 radical (unpaired) electrons. The average molecular weight is 209 g/mol. The van der Waals surface area contributed by atoms with Crippen molar-refractivity contribution in [2.75, 3.05) is 7.05 Å². The van der Waals surface area contributed by atoms with Crippen molar-refractivity contribution in [2.45, 2.75) is 38.9 Å². The minimum Gasteiger partial charge on any atom is -0.373 e. The Kier molecular flexibility index (Phi) is 1.41. The molecule has 2 amide bonds. The largest absolute Gasteiger partial charge is 0.373 e. The molecule has 3 fully saturated rings. The van der Waals surface area contributed by atoms with Gasteiger partial charge in [0.15, 0.2) is 0 Å². The van der Waals surface area contributed by atoms with Crippen LogP contribution < -0.4 is 0 Å². The van der Waals surface area contributed by atoms with E-state index in [0.717, 1.165) is 12.8 Å². The molecule has 3 rings (SSSR count). The lowest BCUT2D eigenvalue weighted by molar-refractivity contribution is -0.143. The molecule has 15 heavy (non-hydrogen) atoms. The second-order valence-corrected chi connectivity index (χ2v) is 5.26. The van der Waals surface area contributed by atoms with Crippen LogP contribution in [-0.4, -0.2) is 36.0 Å². The Balaban J connectivity index is 2.22. The summed E-state index contributed by atoms with van der Waals surface area (Å²) in [4.78, 5) is 25.6. The molecule has 0 aromatic heterocycles. The molecule has 4 atom stereocenters. The number of nitrogens with zero attached hydrogens (tertiary/aromatic N) is 1. The van der Waals surface area contributed by atoms with E-state index in [4.69, 9.17) is 4.74 Å². The van der Waals surface area contributed by atoms with Crippen LogP contribution in [0.5, 0.6) is 0 Å². The fourth-order valence-electron chi connectivity index (χ4n) is 3.66. The Morgan fingerprint density at radius 3 is 1.93 bits per heavy atom. The molecule has 0 saturated carbocycles. The number of likely N-dealkylation sites (tertiary alicyclic amines) is 1. The van der Waals surface area contributed by atoms with E-state index in [1.807, 2.05) is 13.8 Å². The number of hydrogen-bond donors (Lipinski definition) is 0. The number of carbonyl (C=O) groups excluding carboxylic acids is 2. The van der Waals surface area contributed by atoms with Gasteiger partial charge in [0.1, 0.15) is 0 Å². The van der Waals surface area contributed by atoms with Gasteiger partial charge in [-0.3, -0.25) is 14.5 Å². The van der Waals surface area contributed by atoms with Crippen molar-refractivity contribution >= 4 is 11.8 Å². The first-order chi connectivity index (χ1) is 6.94. The minimum atomic E-state index is -0.623. The average Bonchev–Trinajstić information content (AvgIpc) is 2.81. The zero-order chi connectivity index (χ0) is 11.0. The molecule has 4 heteroatoms. The van der Waals surface area contributed by atoms with E-state index in [1.165, 1.54) is 4.90 Å². The first kappa shape index (κ1) is 9.33. The van der Waals surface area contributed by atoms with Crippen molar-refractivity contribution in [1.82, 2.24) is 4.90 Å². The molecule has 3 aliphatic rings. The Morgan fingerprint density at radius 2 is 1.53 bits per heavy atom. The number of imide groups is 1. The highest BCUT2D eigenvalue weighted by Crippen LogP contribution is 2.63. The molecule has 0 N–H and O–H groups in total. The Hall–Kier alpha value is -0.900. The lowest BCUT2D eigenvalue weighted by Crippen LogP contribution is -2.48. The van der Waals surface area contributed by atoms with Crippen LogP contribution in [0.2, 0.25) is 0 Å². The predicted molar refractivity (Wildman–Crippen MR) is 51.9 cm³/mol. The van der Waals surface area contributed by atoms with Crippen LogP contribution in [0.15, 0.2) is 0 Å². The smallest absolute Gasteiger partial charge is 0.238 e. The molecule has 2 bridgehead atoms. The zero-order valence-electron chi connectivity index (χ0n) is 9.24. The van der Waals surface area contributed by atoms with Crippen LogP contribution in [0, 0.1) is 10.8 Å². The molecule has 0 aliphatic carbocycles. The van der Waals surface area contributed by atoms with Crippen molar-refractivity contribution < 1.29 is 14.3 Å². The molecule has 0 aromatic rings. The van der Waals surface area contributed by atoms with Gasteiger partial charge < -0.3 is 4.74 Å². The number of hydrogen-bond acceptors (Lipinski definition) is 3. The molecular weight excluding hydrogens is 194 g/mol. The van der Waals surface area contributed by atoms with Gasteiger partial charge in [-0.05, 0) is 26.7 Å². The summed E-state index contributed by atoms with van der Waals surface area (Å²) in [5, 5.41) is 0. The molecule has 4 nitrogen and oxygen atoms in total. The maximum absolute atomic E-state index is 12.1. The van der Waals surface area contributed by atoms with Crippen molar-refractivity contribution in [3.05, 3.63) is 0 Å². The number of carbonyl (C=O) groups is 2. The molecule has 82 valence electrons. The van der Waals surface area contributed by atoms with Gasteiger partial charge in [-0.25, -0.2) is 0 Å². The molecular formula is C11H15NO3. The quantitative estimate of drug-likeness (QED) is 0.548. The summed E-state index contributed by atoms with van der Waals surface area (Å²) in [7, 11) is 1.58. The van der Waals surface area contributed by atoms with Crippen molar-refractivity contribution in [2.24, 2.45) is 10.8 Å². The zero-order valence-corrected chi connectivity index (χ0v) is 9.24. The van der Waals surface area contributed by atoms with Gasteiger partial charge in [-0.1, -0.05) is 0 Å². The van der Waals surface area contributed by atoms with E-state index < -0.39 is 10.8 Å².